The molecule has 0 fully saturated rings. The number of alkyl halides is 3. The van der Waals surface area contributed by atoms with Gasteiger partial charge in [0.05, 0.1) is 10.5 Å². The van der Waals surface area contributed by atoms with E-state index >= 15 is 0 Å². The molecule has 0 amide bonds. The van der Waals surface area contributed by atoms with Crippen LogP contribution in [0.1, 0.15) is 5.56 Å². The monoisotopic (exact) mass is 362 g/mol. The molecule has 0 N–H and O–H groups in total. The minimum Gasteiger partial charge on any atom is -0.231 e. The maximum atomic E-state index is 12.8. The predicted molar refractivity (Wildman–Crippen MR) is 74.4 cm³/mol. The zero-order valence-electron chi connectivity index (χ0n) is 11.0. The van der Waals surface area contributed by atoms with E-state index in [-0.39, 0.29) is 16.3 Å². The average Bonchev–Trinajstić information content (AvgIpc) is 2.93. The molecule has 2 aromatic heterocycles. The van der Waals surface area contributed by atoms with E-state index in [9.17, 15) is 21.6 Å². The van der Waals surface area contributed by atoms with Gasteiger partial charge in [0.2, 0.25) is 0 Å². The molecule has 0 aliphatic heterocycles. The highest BCUT2D eigenvalue weighted by Gasteiger charge is 2.32. The van der Waals surface area contributed by atoms with Crippen LogP contribution in [-0.4, -0.2) is 27.3 Å². The van der Waals surface area contributed by atoms with Crippen LogP contribution >= 0.6 is 11.6 Å². The standard InChI is InChI=1S/C12H6ClF3N4O2S/c13-10-9-11(18-5-17-10)20(6-19-9)23(21,22)8-3-1-2-7(4-8)12(14,15)16/h1-6H. The Morgan fingerprint density at radius 1 is 1.13 bits per heavy atom. The van der Waals surface area contributed by atoms with Gasteiger partial charge in [-0.05, 0) is 18.2 Å². The summed E-state index contributed by atoms with van der Waals surface area (Å²) in [4.78, 5) is 10.7. The summed E-state index contributed by atoms with van der Waals surface area (Å²) in [6.45, 7) is 0. The normalized spacial score (nSPS) is 12.7. The van der Waals surface area contributed by atoms with Gasteiger partial charge in [-0.2, -0.15) is 13.2 Å². The van der Waals surface area contributed by atoms with Gasteiger partial charge in [-0.3, -0.25) is 0 Å². The van der Waals surface area contributed by atoms with Crippen molar-refractivity contribution in [3.8, 4) is 0 Å². The molecule has 11 heteroatoms. The Hall–Kier alpha value is -2.20. The van der Waals surface area contributed by atoms with E-state index < -0.39 is 26.7 Å². The summed E-state index contributed by atoms with van der Waals surface area (Å²) in [7, 11) is -4.32. The fourth-order valence-electron chi connectivity index (χ4n) is 1.91. The van der Waals surface area contributed by atoms with Crippen molar-refractivity contribution in [3.63, 3.8) is 0 Å². The maximum absolute atomic E-state index is 12.8. The number of fused-ring (bicyclic) bond motifs is 1. The van der Waals surface area contributed by atoms with Crippen molar-refractivity contribution in [2.24, 2.45) is 0 Å². The van der Waals surface area contributed by atoms with Gasteiger partial charge in [-0.25, -0.2) is 27.3 Å². The van der Waals surface area contributed by atoms with E-state index in [1.165, 1.54) is 0 Å². The zero-order valence-corrected chi connectivity index (χ0v) is 12.6. The molecule has 0 unspecified atom stereocenters. The maximum Gasteiger partial charge on any atom is 0.416 e. The number of benzene rings is 1. The molecule has 3 aromatic rings. The van der Waals surface area contributed by atoms with Crippen LogP contribution in [0.15, 0.2) is 41.8 Å². The van der Waals surface area contributed by atoms with Crippen LogP contribution in [0, 0.1) is 0 Å². The molecule has 3 rings (SSSR count). The van der Waals surface area contributed by atoms with Crippen LogP contribution in [0.5, 0.6) is 0 Å². The molecule has 0 saturated carbocycles. The van der Waals surface area contributed by atoms with E-state index in [0.29, 0.717) is 10.0 Å². The van der Waals surface area contributed by atoms with Crippen molar-refractivity contribution in [2.75, 3.05) is 0 Å². The van der Waals surface area contributed by atoms with Crippen LogP contribution in [0.25, 0.3) is 11.2 Å². The van der Waals surface area contributed by atoms with E-state index in [4.69, 9.17) is 11.6 Å². The number of rotatable bonds is 2. The molecule has 23 heavy (non-hydrogen) atoms. The van der Waals surface area contributed by atoms with Crippen molar-refractivity contribution < 1.29 is 21.6 Å². The lowest BCUT2D eigenvalue weighted by Gasteiger charge is -2.10. The average molecular weight is 363 g/mol. The first kappa shape index (κ1) is 15.7. The Balaban J connectivity index is 2.20. The molecule has 120 valence electrons. The number of imidazole rings is 1. The summed E-state index contributed by atoms with van der Waals surface area (Å²) in [5.41, 5.74) is -1.16. The van der Waals surface area contributed by atoms with Gasteiger partial charge < -0.3 is 0 Å². The third-order valence-electron chi connectivity index (χ3n) is 2.98. The molecule has 0 aliphatic rings. The number of nitrogens with zero attached hydrogens (tertiary/aromatic N) is 4. The fourth-order valence-corrected chi connectivity index (χ4v) is 3.37. The molecule has 2 heterocycles. The van der Waals surface area contributed by atoms with Gasteiger partial charge in [0, 0.05) is 0 Å². The van der Waals surface area contributed by atoms with E-state index in [0.717, 1.165) is 30.9 Å². The number of hydrogen-bond acceptors (Lipinski definition) is 5. The SMILES string of the molecule is O=S(=O)(c1cccc(C(F)(F)F)c1)n1cnc2c(Cl)ncnc21. The second-order valence-electron chi connectivity index (χ2n) is 4.41. The van der Waals surface area contributed by atoms with Crippen LogP contribution in [-0.2, 0) is 16.2 Å². The van der Waals surface area contributed by atoms with Crippen molar-refractivity contribution in [2.45, 2.75) is 11.1 Å². The molecule has 0 atom stereocenters. The number of aromatic nitrogens is 4. The lowest BCUT2D eigenvalue weighted by Crippen LogP contribution is -2.14. The highest BCUT2D eigenvalue weighted by molar-refractivity contribution is 7.90. The molecule has 0 radical (unpaired) electrons. The first-order chi connectivity index (χ1) is 10.7. The summed E-state index contributed by atoms with van der Waals surface area (Å²) < 4.78 is 64.0. The highest BCUT2D eigenvalue weighted by Crippen LogP contribution is 2.31. The Kier molecular flexibility index (Phi) is 3.52. The first-order valence-electron chi connectivity index (χ1n) is 5.97. The second kappa shape index (κ2) is 5.17. The predicted octanol–water partition coefficient (Wildman–Crippen LogP) is 2.74. The smallest absolute Gasteiger partial charge is 0.231 e. The van der Waals surface area contributed by atoms with Crippen molar-refractivity contribution >= 4 is 32.8 Å². The van der Waals surface area contributed by atoms with Crippen molar-refractivity contribution in [1.29, 1.82) is 0 Å². The third kappa shape index (κ3) is 2.63. The lowest BCUT2D eigenvalue weighted by molar-refractivity contribution is -0.137. The molecule has 0 aliphatic carbocycles. The molecular weight excluding hydrogens is 357 g/mol. The van der Waals surface area contributed by atoms with Crippen LogP contribution < -0.4 is 0 Å². The lowest BCUT2D eigenvalue weighted by atomic mass is 10.2. The third-order valence-corrected chi connectivity index (χ3v) is 4.89. The second-order valence-corrected chi connectivity index (χ2v) is 6.58. The Morgan fingerprint density at radius 2 is 1.87 bits per heavy atom. The molecule has 0 bridgehead atoms. The van der Waals surface area contributed by atoms with Gasteiger partial charge in [0.15, 0.2) is 10.8 Å². The van der Waals surface area contributed by atoms with E-state index in [1.54, 1.807) is 0 Å². The van der Waals surface area contributed by atoms with Crippen molar-refractivity contribution in [3.05, 3.63) is 47.6 Å². The minimum absolute atomic E-state index is 0.0321. The van der Waals surface area contributed by atoms with Gasteiger partial charge in [-0.1, -0.05) is 17.7 Å². The molecule has 0 saturated heterocycles. The van der Waals surface area contributed by atoms with Crippen LogP contribution in [0.3, 0.4) is 0 Å². The summed E-state index contributed by atoms with van der Waals surface area (Å²) >= 11 is 5.78. The summed E-state index contributed by atoms with van der Waals surface area (Å²) in [5, 5.41) is -0.0620. The molecule has 0 spiro atoms. The summed E-state index contributed by atoms with van der Waals surface area (Å²) in [5.74, 6) is 0. The van der Waals surface area contributed by atoms with Crippen LogP contribution in [0.2, 0.25) is 5.15 Å². The summed E-state index contributed by atoms with van der Waals surface area (Å²) in [6.07, 6.45) is -2.71. The Labute approximate surface area is 132 Å². The molecule has 6 nitrogen and oxygen atoms in total. The highest BCUT2D eigenvalue weighted by atomic mass is 35.5. The van der Waals surface area contributed by atoms with E-state index in [2.05, 4.69) is 15.0 Å². The topological polar surface area (TPSA) is 77.7 Å². The zero-order chi connectivity index (χ0) is 16.8. The largest absolute Gasteiger partial charge is 0.416 e. The Morgan fingerprint density at radius 3 is 2.57 bits per heavy atom. The van der Waals surface area contributed by atoms with Gasteiger partial charge >= 0.3 is 6.18 Å². The van der Waals surface area contributed by atoms with Crippen molar-refractivity contribution in [1.82, 2.24) is 18.9 Å². The quantitative estimate of drug-likeness (QED) is 0.655. The van der Waals surface area contributed by atoms with E-state index in [1.807, 2.05) is 0 Å². The minimum atomic E-state index is -4.66. The Bertz CT molecular complexity index is 1000. The van der Waals surface area contributed by atoms with Crippen LogP contribution in [0.4, 0.5) is 13.2 Å². The van der Waals surface area contributed by atoms with Gasteiger partial charge in [0.1, 0.15) is 18.2 Å². The number of halogens is 4. The molecular formula is C12H6ClF3N4O2S. The van der Waals surface area contributed by atoms with Gasteiger partial charge in [0.25, 0.3) is 10.0 Å². The summed E-state index contributed by atoms with van der Waals surface area (Å²) in [6, 6.07) is 3.39. The first-order valence-corrected chi connectivity index (χ1v) is 7.79. The molecule has 1 aromatic carbocycles. The van der Waals surface area contributed by atoms with Gasteiger partial charge in [-0.15, -0.1) is 0 Å². The number of hydrogen-bond donors (Lipinski definition) is 0. The fraction of sp³-hybridized carbons (Fsp3) is 0.0833.